The molecule has 2 aliphatic carbocycles. The molecule has 0 spiro atoms. The smallest absolute Gasteiger partial charge is 0.249 e. The third kappa shape index (κ3) is 12.0. The van der Waals surface area contributed by atoms with E-state index in [4.69, 9.17) is 0 Å². The summed E-state index contributed by atoms with van der Waals surface area (Å²) in [7, 11) is -1.38. The first-order valence-corrected chi connectivity index (χ1v) is 18.0. The molecule has 2 heteroatoms. The third-order valence-electron chi connectivity index (χ3n) is 7.58. The van der Waals surface area contributed by atoms with Crippen molar-refractivity contribution in [1.82, 2.24) is 0 Å². The van der Waals surface area contributed by atoms with Crippen LogP contribution >= 0.6 is 0 Å². The van der Waals surface area contributed by atoms with Gasteiger partial charge in [0, 0.05) is 0 Å². The van der Waals surface area contributed by atoms with Gasteiger partial charge in [0.2, 0.25) is 0 Å². The molecule has 0 saturated heterocycles. The van der Waals surface area contributed by atoms with E-state index in [1.54, 1.807) is 21.9 Å². The zero-order chi connectivity index (χ0) is 29.5. The van der Waals surface area contributed by atoms with E-state index in [-0.39, 0.29) is 21.7 Å². The van der Waals surface area contributed by atoms with Crippen LogP contribution < -0.4 is 5.19 Å². The minimum atomic E-state index is -1.38. The molecule has 1 unspecified atom stereocenters. The molecule has 0 fully saturated rings. The molecule has 214 valence electrons. The molecule has 0 radical (unpaired) electrons. The molecule has 42 heavy (non-hydrogen) atoms. The third-order valence-corrected chi connectivity index (χ3v) is 10.7. The van der Waals surface area contributed by atoms with Crippen molar-refractivity contribution in [2.24, 2.45) is 5.92 Å². The van der Waals surface area contributed by atoms with Crippen molar-refractivity contribution >= 4 is 13.3 Å². The van der Waals surface area contributed by atoms with Gasteiger partial charge in [-0.1, -0.05) is 111 Å². The maximum Gasteiger partial charge on any atom is 4.00 e. The minimum absolute atomic E-state index is 0. The summed E-state index contributed by atoms with van der Waals surface area (Å²) in [6.07, 6.45) is 9.15. The van der Waals surface area contributed by atoms with Gasteiger partial charge in [0.25, 0.3) is 0 Å². The van der Waals surface area contributed by atoms with Gasteiger partial charge in [-0.2, -0.15) is 79.4 Å². The molecule has 0 saturated carbocycles. The zero-order valence-electron chi connectivity index (χ0n) is 25.8. The Bertz CT molecular complexity index is 1250. The van der Waals surface area contributed by atoms with Crippen LogP contribution in [0.1, 0.15) is 49.3 Å². The van der Waals surface area contributed by atoms with E-state index in [0.717, 1.165) is 16.7 Å². The van der Waals surface area contributed by atoms with Gasteiger partial charge < -0.3 is 0 Å². The largest absolute Gasteiger partial charge is 4.00 e. The summed E-state index contributed by atoms with van der Waals surface area (Å²) in [5.74, 6) is 0.667. The maximum atomic E-state index is 3.80. The topological polar surface area (TPSA) is 0 Å². The Balaban J connectivity index is 0.000000229. The number of allylic oxidation sites excluding steroid dienone is 4. The second-order valence-corrected chi connectivity index (χ2v) is 16.2. The molecule has 4 aromatic rings. The van der Waals surface area contributed by atoms with Crippen LogP contribution in [0.2, 0.25) is 19.1 Å². The average molecular weight is 603 g/mol. The van der Waals surface area contributed by atoms with Crippen LogP contribution in [0.3, 0.4) is 0 Å². The molecule has 0 heterocycles. The van der Waals surface area contributed by atoms with E-state index in [0.29, 0.717) is 5.92 Å². The molecule has 0 nitrogen and oxygen atoms in total. The van der Waals surface area contributed by atoms with Gasteiger partial charge in [0.05, 0.1) is 8.07 Å². The molecule has 0 N–H and O–H groups in total. The molecule has 2 aliphatic rings. The van der Waals surface area contributed by atoms with Gasteiger partial charge in [0.1, 0.15) is 0 Å². The summed E-state index contributed by atoms with van der Waals surface area (Å²) in [6, 6.07) is 42.0. The van der Waals surface area contributed by atoms with Gasteiger partial charge >= 0.3 is 21.7 Å². The van der Waals surface area contributed by atoms with Crippen LogP contribution in [0.25, 0.3) is 0 Å². The summed E-state index contributed by atoms with van der Waals surface area (Å²) in [6.45, 7) is 18.6. The molecule has 0 aliphatic heterocycles. The van der Waals surface area contributed by atoms with Gasteiger partial charge in [0.15, 0.2) is 0 Å². The number of benzene rings is 4. The Labute approximate surface area is 272 Å². The molecule has 0 aromatic heterocycles. The van der Waals surface area contributed by atoms with Crippen molar-refractivity contribution in [3.63, 3.8) is 0 Å². The van der Waals surface area contributed by atoms with Gasteiger partial charge in [-0.15, -0.1) is 36.4 Å². The van der Waals surface area contributed by atoms with E-state index in [1.165, 1.54) is 31.7 Å². The van der Waals surface area contributed by atoms with Gasteiger partial charge in [-0.05, 0) is 0 Å². The van der Waals surface area contributed by atoms with Crippen LogP contribution in [0, 0.1) is 32.8 Å². The fraction of sp³-hybridized carbons (Fsp3) is 0.225. The van der Waals surface area contributed by atoms with Crippen molar-refractivity contribution in [2.75, 3.05) is 0 Å². The second-order valence-electron chi connectivity index (χ2n) is 11.5. The predicted molar refractivity (Wildman–Crippen MR) is 182 cm³/mol. The first-order chi connectivity index (χ1) is 19.8. The SMILES string of the molecule is CC1C(C[Si](C)(C)c2ccccc2)=[C-]C2=C1CCCC2.[CH2-]c1ccccc1.[CH2-]c1ccccc1.[CH2-]c1ccccc1.[Ti+4]. The zero-order valence-corrected chi connectivity index (χ0v) is 28.3. The number of rotatable bonds is 3. The monoisotopic (exact) mass is 602 g/mol. The Morgan fingerprint density at radius 1 is 0.619 bits per heavy atom. The standard InChI is InChI=1S/C19H25Si.3C7H7.Ti/c1-15-17(13-16-9-7-8-12-19(15)16)14-20(2,3)18-10-5-4-6-11-18;3*1-7-5-3-2-4-6-7;/h4-6,10-11,15H,7-9,12,14H2,1-3H3;3*2-6H,1H2;/q4*-1;+4. The van der Waals surface area contributed by atoms with Crippen LogP contribution in [0.5, 0.6) is 0 Å². The average Bonchev–Trinajstić information content (AvgIpc) is 3.30. The van der Waals surface area contributed by atoms with E-state index in [1.807, 2.05) is 91.0 Å². The Morgan fingerprint density at radius 2 is 1.00 bits per heavy atom. The van der Waals surface area contributed by atoms with E-state index in [2.05, 4.69) is 77.2 Å². The van der Waals surface area contributed by atoms with E-state index < -0.39 is 8.07 Å². The summed E-state index contributed by atoms with van der Waals surface area (Å²) < 4.78 is 0. The molecule has 1 atom stereocenters. The van der Waals surface area contributed by atoms with Crippen LogP contribution in [-0.2, 0) is 21.7 Å². The van der Waals surface area contributed by atoms with Gasteiger partial charge in [-0.25, -0.2) is 17.2 Å². The molecular formula is C40H46SiTi. The van der Waals surface area contributed by atoms with Crippen LogP contribution in [0.15, 0.2) is 138 Å². The molecule has 0 amide bonds. The Hall–Kier alpha value is -3.10. The molecule has 6 rings (SSSR count). The van der Waals surface area contributed by atoms with Crippen molar-refractivity contribution in [2.45, 2.75) is 51.7 Å². The van der Waals surface area contributed by atoms with E-state index >= 15 is 0 Å². The number of hydrogen-bond donors (Lipinski definition) is 0. The summed E-state index contributed by atoms with van der Waals surface area (Å²) in [4.78, 5) is 0. The molecule has 0 bridgehead atoms. The van der Waals surface area contributed by atoms with Crippen molar-refractivity contribution < 1.29 is 21.7 Å². The fourth-order valence-electron chi connectivity index (χ4n) is 5.16. The van der Waals surface area contributed by atoms with Crippen molar-refractivity contribution in [3.8, 4) is 0 Å². The normalized spacial score (nSPS) is 15.1. The number of hydrogen-bond acceptors (Lipinski definition) is 0. The molecular weight excluding hydrogens is 556 g/mol. The van der Waals surface area contributed by atoms with Crippen molar-refractivity contribution in [3.05, 3.63) is 182 Å². The van der Waals surface area contributed by atoms with Crippen molar-refractivity contribution in [1.29, 1.82) is 0 Å². The first-order valence-electron chi connectivity index (χ1n) is 14.8. The summed E-state index contributed by atoms with van der Waals surface area (Å²) >= 11 is 0. The minimum Gasteiger partial charge on any atom is -0.249 e. The fourth-order valence-corrected chi connectivity index (χ4v) is 7.81. The Kier molecular flexibility index (Phi) is 15.4. The van der Waals surface area contributed by atoms with E-state index in [9.17, 15) is 0 Å². The predicted octanol–water partition coefficient (Wildman–Crippen LogP) is 10.5. The van der Waals surface area contributed by atoms with Crippen LogP contribution in [0.4, 0.5) is 0 Å². The summed E-state index contributed by atoms with van der Waals surface area (Å²) in [5.41, 5.74) is 8.09. The summed E-state index contributed by atoms with van der Waals surface area (Å²) in [5, 5.41) is 1.58. The first kappa shape index (κ1) is 35.1. The van der Waals surface area contributed by atoms with Gasteiger partial charge in [-0.3, -0.25) is 0 Å². The molecule has 4 aromatic carbocycles. The van der Waals surface area contributed by atoms with Crippen LogP contribution in [-0.4, -0.2) is 8.07 Å². The quantitative estimate of drug-likeness (QED) is 0.162. The Morgan fingerprint density at radius 3 is 1.36 bits per heavy atom. The second kappa shape index (κ2) is 18.4. The maximum absolute atomic E-state index is 3.80.